The van der Waals surface area contributed by atoms with E-state index in [1.807, 2.05) is 13.0 Å². The second-order valence-electron chi connectivity index (χ2n) is 5.67. The van der Waals surface area contributed by atoms with Crippen LogP contribution < -0.4 is 5.32 Å². The average molecular weight is 292 g/mol. The van der Waals surface area contributed by atoms with Crippen molar-refractivity contribution in [2.45, 2.75) is 13.0 Å². The molecule has 21 heavy (non-hydrogen) atoms. The van der Waals surface area contributed by atoms with Crippen LogP contribution in [0.15, 0.2) is 24.3 Å². The van der Waals surface area contributed by atoms with E-state index < -0.39 is 0 Å². The van der Waals surface area contributed by atoms with Crippen LogP contribution in [0.5, 0.6) is 0 Å². The predicted molar refractivity (Wildman–Crippen MR) is 83.5 cm³/mol. The summed E-state index contributed by atoms with van der Waals surface area (Å²) in [5, 5.41) is 14.2. The average Bonchev–Trinajstić information content (AvgIpc) is 2.49. The summed E-state index contributed by atoms with van der Waals surface area (Å²) in [6.07, 6.45) is 0. The number of non-ortho nitro benzene ring substituents is 1. The zero-order chi connectivity index (χ0) is 15.2. The fraction of sp³-hybridized carbons (Fsp3) is 0.600. The molecule has 1 atom stereocenters. The molecule has 1 aromatic rings. The molecule has 1 N–H and O–H groups in total. The van der Waals surface area contributed by atoms with Gasteiger partial charge < -0.3 is 10.2 Å². The van der Waals surface area contributed by atoms with Crippen LogP contribution >= 0.6 is 0 Å². The zero-order valence-corrected chi connectivity index (χ0v) is 12.8. The maximum absolute atomic E-state index is 10.8. The number of piperazine rings is 1. The van der Waals surface area contributed by atoms with Gasteiger partial charge in [0.05, 0.1) is 4.92 Å². The summed E-state index contributed by atoms with van der Waals surface area (Å²) in [5.41, 5.74) is 1.11. The molecule has 0 bridgehead atoms. The molecule has 1 aliphatic heterocycles. The SMILES string of the molecule is CC(NCCN1CCN(C)CC1)c1cccc([N+](=O)[O-])c1. The molecule has 0 spiro atoms. The first-order chi connectivity index (χ1) is 10.1. The smallest absolute Gasteiger partial charge is 0.269 e. The van der Waals surface area contributed by atoms with Crippen LogP contribution in [-0.4, -0.2) is 61.0 Å². The van der Waals surface area contributed by atoms with Gasteiger partial charge in [-0.1, -0.05) is 12.1 Å². The van der Waals surface area contributed by atoms with Gasteiger partial charge in [-0.15, -0.1) is 0 Å². The maximum atomic E-state index is 10.8. The summed E-state index contributed by atoms with van der Waals surface area (Å²) in [5.74, 6) is 0. The minimum atomic E-state index is -0.347. The third-order valence-corrected chi connectivity index (χ3v) is 4.06. The summed E-state index contributed by atoms with van der Waals surface area (Å²) in [6, 6.07) is 6.97. The Hall–Kier alpha value is -1.50. The number of rotatable bonds is 6. The molecule has 1 saturated heterocycles. The molecule has 0 aliphatic carbocycles. The lowest BCUT2D eigenvalue weighted by atomic mass is 10.1. The molecule has 0 aromatic heterocycles. The summed E-state index contributed by atoms with van der Waals surface area (Å²) < 4.78 is 0. The fourth-order valence-electron chi connectivity index (χ4n) is 2.54. The minimum Gasteiger partial charge on any atom is -0.309 e. The van der Waals surface area contributed by atoms with E-state index in [4.69, 9.17) is 0 Å². The Kier molecular flexibility index (Phi) is 5.67. The molecule has 1 heterocycles. The van der Waals surface area contributed by atoms with Crippen molar-refractivity contribution >= 4 is 5.69 Å². The number of hydrogen-bond acceptors (Lipinski definition) is 5. The second kappa shape index (κ2) is 7.49. The Morgan fingerprint density at radius 2 is 2.05 bits per heavy atom. The van der Waals surface area contributed by atoms with Gasteiger partial charge in [-0.2, -0.15) is 0 Å². The number of nitro groups is 1. The van der Waals surface area contributed by atoms with Crippen LogP contribution in [0.4, 0.5) is 5.69 Å². The molecule has 0 radical (unpaired) electrons. The van der Waals surface area contributed by atoms with E-state index >= 15 is 0 Å². The van der Waals surface area contributed by atoms with Crippen LogP contribution in [0.25, 0.3) is 0 Å². The molecule has 116 valence electrons. The summed E-state index contributed by atoms with van der Waals surface area (Å²) in [6.45, 7) is 8.44. The van der Waals surface area contributed by atoms with E-state index in [9.17, 15) is 10.1 Å². The quantitative estimate of drug-likeness (QED) is 0.636. The van der Waals surface area contributed by atoms with Crippen molar-refractivity contribution in [1.29, 1.82) is 0 Å². The molecule has 6 heteroatoms. The molecule has 1 fully saturated rings. The van der Waals surface area contributed by atoms with E-state index in [0.29, 0.717) is 0 Å². The Bertz CT molecular complexity index is 472. The highest BCUT2D eigenvalue weighted by atomic mass is 16.6. The Labute approximate surface area is 125 Å². The molecule has 1 aromatic carbocycles. The second-order valence-corrected chi connectivity index (χ2v) is 5.67. The first kappa shape index (κ1) is 15.9. The standard InChI is InChI=1S/C15H24N4O2/c1-13(14-4-3-5-15(12-14)19(20)21)16-6-7-18-10-8-17(2)9-11-18/h3-5,12-13,16H,6-11H2,1-2H3. The van der Waals surface area contributed by atoms with Crippen LogP contribution in [0.2, 0.25) is 0 Å². The van der Waals surface area contributed by atoms with Crippen molar-refractivity contribution < 1.29 is 4.92 Å². The van der Waals surface area contributed by atoms with Crippen LogP contribution in [0, 0.1) is 10.1 Å². The number of benzene rings is 1. The number of nitrogens with zero attached hydrogens (tertiary/aromatic N) is 3. The molecular formula is C15H24N4O2. The highest BCUT2D eigenvalue weighted by molar-refractivity contribution is 5.35. The summed E-state index contributed by atoms with van der Waals surface area (Å²) in [7, 11) is 2.15. The maximum Gasteiger partial charge on any atom is 0.269 e. The van der Waals surface area contributed by atoms with Gasteiger partial charge in [-0.25, -0.2) is 0 Å². The first-order valence-electron chi connectivity index (χ1n) is 7.45. The number of nitrogens with one attached hydrogen (secondary N) is 1. The highest BCUT2D eigenvalue weighted by Gasteiger charge is 2.14. The van der Waals surface area contributed by atoms with Crippen molar-refractivity contribution in [1.82, 2.24) is 15.1 Å². The van der Waals surface area contributed by atoms with Crippen LogP contribution in [-0.2, 0) is 0 Å². The van der Waals surface area contributed by atoms with E-state index in [1.54, 1.807) is 12.1 Å². The van der Waals surface area contributed by atoms with Gasteiger partial charge in [0, 0.05) is 57.4 Å². The number of hydrogen-bond donors (Lipinski definition) is 1. The topological polar surface area (TPSA) is 61.6 Å². The number of nitro benzene ring substituents is 1. The van der Waals surface area contributed by atoms with E-state index in [2.05, 4.69) is 22.2 Å². The monoisotopic (exact) mass is 292 g/mol. The van der Waals surface area contributed by atoms with Crippen molar-refractivity contribution in [2.24, 2.45) is 0 Å². The molecule has 2 rings (SSSR count). The van der Waals surface area contributed by atoms with Crippen molar-refractivity contribution in [2.75, 3.05) is 46.3 Å². The Balaban J connectivity index is 1.78. The van der Waals surface area contributed by atoms with E-state index in [-0.39, 0.29) is 16.7 Å². The van der Waals surface area contributed by atoms with Gasteiger partial charge in [0.25, 0.3) is 5.69 Å². The molecule has 1 unspecified atom stereocenters. The largest absolute Gasteiger partial charge is 0.309 e. The zero-order valence-electron chi connectivity index (χ0n) is 12.8. The molecule has 0 amide bonds. The van der Waals surface area contributed by atoms with E-state index in [1.165, 1.54) is 6.07 Å². The van der Waals surface area contributed by atoms with Gasteiger partial charge in [0.1, 0.15) is 0 Å². The molecule has 0 saturated carbocycles. The highest BCUT2D eigenvalue weighted by Crippen LogP contribution is 2.18. The Morgan fingerprint density at radius 3 is 2.71 bits per heavy atom. The summed E-state index contributed by atoms with van der Waals surface area (Å²) >= 11 is 0. The lowest BCUT2D eigenvalue weighted by Crippen LogP contribution is -2.46. The van der Waals surface area contributed by atoms with Gasteiger partial charge in [0.15, 0.2) is 0 Å². The van der Waals surface area contributed by atoms with Gasteiger partial charge in [-0.05, 0) is 19.5 Å². The lowest BCUT2D eigenvalue weighted by molar-refractivity contribution is -0.384. The van der Waals surface area contributed by atoms with Gasteiger partial charge >= 0.3 is 0 Å². The summed E-state index contributed by atoms with van der Waals surface area (Å²) in [4.78, 5) is 15.2. The van der Waals surface area contributed by atoms with E-state index in [0.717, 1.165) is 44.8 Å². The van der Waals surface area contributed by atoms with Gasteiger partial charge in [0.2, 0.25) is 0 Å². The molecular weight excluding hydrogens is 268 g/mol. The van der Waals surface area contributed by atoms with Crippen molar-refractivity contribution in [3.8, 4) is 0 Å². The minimum absolute atomic E-state index is 0.123. The fourth-order valence-corrected chi connectivity index (χ4v) is 2.54. The third kappa shape index (κ3) is 4.77. The number of likely N-dealkylation sites (N-methyl/N-ethyl adjacent to an activating group) is 1. The normalized spacial score (nSPS) is 18.6. The van der Waals surface area contributed by atoms with Crippen molar-refractivity contribution in [3.63, 3.8) is 0 Å². The third-order valence-electron chi connectivity index (χ3n) is 4.06. The van der Waals surface area contributed by atoms with Gasteiger partial charge in [-0.3, -0.25) is 15.0 Å². The lowest BCUT2D eigenvalue weighted by Gasteiger charge is -2.32. The molecule has 1 aliphatic rings. The Morgan fingerprint density at radius 1 is 1.33 bits per heavy atom. The van der Waals surface area contributed by atoms with Crippen molar-refractivity contribution in [3.05, 3.63) is 39.9 Å². The molecule has 6 nitrogen and oxygen atoms in total. The first-order valence-corrected chi connectivity index (χ1v) is 7.45. The van der Waals surface area contributed by atoms with Crippen LogP contribution in [0.3, 0.4) is 0 Å². The predicted octanol–water partition coefficient (Wildman–Crippen LogP) is 1.49. The van der Waals surface area contributed by atoms with Crippen LogP contribution in [0.1, 0.15) is 18.5 Å².